The number of carbonyl (C=O) groups is 1. The summed E-state index contributed by atoms with van der Waals surface area (Å²) in [6.07, 6.45) is 3.23. The molecule has 1 rings (SSSR count). The summed E-state index contributed by atoms with van der Waals surface area (Å²) < 4.78 is 0. The molecule has 0 aromatic carbocycles. The molecule has 5 heteroatoms. The fraction of sp³-hybridized carbons (Fsp3) is 0.889. The Morgan fingerprint density at radius 2 is 2.21 bits per heavy atom. The second kappa shape index (κ2) is 4.61. The van der Waals surface area contributed by atoms with Crippen LogP contribution in [-0.4, -0.2) is 41.0 Å². The lowest BCUT2D eigenvalue weighted by Crippen LogP contribution is -2.50. The number of rotatable bonds is 4. The van der Waals surface area contributed by atoms with Crippen LogP contribution in [0.1, 0.15) is 26.2 Å². The van der Waals surface area contributed by atoms with Crippen LogP contribution in [0.3, 0.4) is 0 Å². The lowest BCUT2D eigenvalue weighted by Gasteiger charge is -2.27. The zero-order valence-electron chi connectivity index (χ0n) is 8.42. The van der Waals surface area contributed by atoms with Crippen LogP contribution < -0.4 is 10.6 Å². The van der Waals surface area contributed by atoms with E-state index in [0.717, 1.165) is 12.8 Å². The Morgan fingerprint density at radius 3 is 2.64 bits per heavy atom. The minimum atomic E-state index is -1.24. The summed E-state index contributed by atoms with van der Waals surface area (Å²) in [6.45, 7) is 1.16. The van der Waals surface area contributed by atoms with E-state index in [9.17, 15) is 9.90 Å². The predicted molar refractivity (Wildman–Crippen MR) is 51.9 cm³/mol. The molecule has 1 saturated carbocycles. The Bertz CT molecular complexity index is 202. The van der Waals surface area contributed by atoms with Gasteiger partial charge in [-0.1, -0.05) is 0 Å². The van der Waals surface area contributed by atoms with Gasteiger partial charge in [-0.2, -0.15) is 0 Å². The molecule has 0 heterocycles. The monoisotopic (exact) mass is 202 g/mol. The maximum Gasteiger partial charge on any atom is 0.315 e. The molecule has 82 valence electrons. The summed E-state index contributed by atoms with van der Waals surface area (Å²) in [6, 6.07) is 0.0116. The van der Waals surface area contributed by atoms with Gasteiger partial charge >= 0.3 is 6.03 Å². The van der Waals surface area contributed by atoms with Gasteiger partial charge in [0.1, 0.15) is 5.60 Å². The van der Waals surface area contributed by atoms with E-state index in [1.165, 1.54) is 13.3 Å². The zero-order valence-corrected chi connectivity index (χ0v) is 8.42. The van der Waals surface area contributed by atoms with E-state index in [2.05, 4.69) is 10.6 Å². The van der Waals surface area contributed by atoms with Crippen LogP contribution in [0.25, 0.3) is 0 Å². The third kappa shape index (κ3) is 3.51. The van der Waals surface area contributed by atoms with Crippen molar-refractivity contribution in [1.82, 2.24) is 10.6 Å². The van der Waals surface area contributed by atoms with E-state index in [-0.39, 0.29) is 25.2 Å². The Hall–Kier alpha value is -0.810. The van der Waals surface area contributed by atoms with Gasteiger partial charge in [0.15, 0.2) is 0 Å². The molecular weight excluding hydrogens is 184 g/mol. The molecule has 4 N–H and O–H groups in total. The average Bonchev–Trinajstić information content (AvgIpc) is 2.08. The maximum absolute atomic E-state index is 11.2. The first kappa shape index (κ1) is 11.3. The highest BCUT2D eigenvalue weighted by Gasteiger charge is 2.22. The molecule has 0 aromatic heterocycles. The van der Waals surface area contributed by atoms with Crippen LogP contribution in [0.5, 0.6) is 0 Å². The molecule has 1 unspecified atom stereocenters. The number of aliphatic hydroxyl groups is 2. The second-order valence-corrected chi connectivity index (χ2v) is 4.11. The third-order valence-electron chi connectivity index (χ3n) is 2.41. The van der Waals surface area contributed by atoms with Crippen LogP contribution in [0.2, 0.25) is 0 Å². The molecule has 1 atom stereocenters. The number of carbonyl (C=O) groups excluding carboxylic acids is 1. The average molecular weight is 202 g/mol. The van der Waals surface area contributed by atoms with Crippen LogP contribution in [-0.2, 0) is 0 Å². The molecule has 1 fully saturated rings. The first-order valence-electron chi connectivity index (χ1n) is 4.91. The van der Waals surface area contributed by atoms with Gasteiger partial charge in [-0.3, -0.25) is 0 Å². The van der Waals surface area contributed by atoms with E-state index < -0.39 is 5.60 Å². The number of urea groups is 1. The molecule has 0 saturated heterocycles. The van der Waals surface area contributed by atoms with Crippen LogP contribution in [0, 0.1) is 0 Å². The molecule has 2 amide bonds. The second-order valence-electron chi connectivity index (χ2n) is 4.11. The smallest absolute Gasteiger partial charge is 0.315 e. The highest BCUT2D eigenvalue weighted by Crippen LogP contribution is 2.17. The van der Waals surface area contributed by atoms with Gasteiger partial charge in [0.05, 0.1) is 13.2 Å². The van der Waals surface area contributed by atoms with E-state index in [1.54, 1.807) is 0 Å². The SMILES string of the molecule is CC(O)(CO)CNC(=O)NC1CCC1. The predicted octanol–water partition coefficient (Wildman–Crippen LogP) is -0.419. The molecule has 1 aliphatic carbocycles. The first-order chi connectivity index (χ1) is 6.53. The van der Waals surface area contributed by atoms with Crippen molar-refractivity contribution in [2.45, 2.75) is 37.8 Å². The van der Waals surface area contributed by atoms with Gasteiger partial charge in [-0.15, -0.1) is 0 Å². The first-order valence-corrected chi connectivity index (χ1v) is 4.91. The fourth-order valence-corrected chi connectivity index (χ4v) is 1.12. The normalized spacial score (nSPS) is 20.8. The van der Waals surface area contributed by atoms with Crippen molar-refractivity contribution in [1.29, 1.82) is 0 Å². The van der Waals surface area contributed by atoms with E-state index in [4.69, 9.17) is 5.11 Å². The largest absolute Gasteiger partial charge is 0.393 e. The summed E-state index contributed by atoms with van der Waals surface area (Å²) in [4.78, 5) is 11.2. The summed E-state index contributed by atoms with van der Waals surface area (Å²) in [5.41, 5.74) is -1.24. The van der Waals surface area contributed by atoms with E-state index >= 15 is 0 Å². The van der Waals surface area contributed by atoms with Gasteiger partial charge in [0.25, 0.3) is 0 Å². The molecule has 0 bridgehead atoms. The Labute approximate surface area is 83.5 Å². The highest BCUT2D eigenvalue weighted by molar-refractivity contribution is 5.74. The van der Waals surface area contributed by atoms with E-state index in [1.807, 2.05) is 0 Å². The molecule has 0 spiro atoms. The quantitative estimate of drug-likeness (QED) is 0.500. The lowest BCUT2D eigenvalue weighted by molar-refractivity contribution is 0.00471. The van der Waals surface area contributed by atoms with Crippen LogP contribution >= 0.6 is 0 Å². The molecule has 14 heavy (non-hydrogen) atoms. The van der Waals surface area contributed by atoms with Gasteiger partial charge in [-0.05, 0) is 26.2 Å². The summed E-state index contributed by atoms with van der Waals surface area (Å²) in [5.74, 6) is 0. The molecule has 1 aliphatic rings. The number of aliphatic hydroxyl groups excluding tert-OH is 1. The standard InChI is InChI=1S/C9H18N2O3/c1-9(14,6-12)5-10-8(13)11-7-3-2-4-7/h7,12,14H,2-6H2,1H3,(H2,10,11,13). The minimum absolute atomic E-state index is 0.0576. The maximum atomic E-state index is 11.2. The summed E-state index contributed by atoms with van der Waals surface area (Å²) >= 11 is 0. The molecular formula is C9H18N2O3. The van der Waals surface area contributed by atoms with Crippen molar-refractivity contribution in [3.8, 4) is 0 Å². The van der Waals surface area contributed by atoms with Gasteiger partial charge < -0.3 is 20.8 Å². The number of hydrogen-bond donors (Lipinski definition) is 4. The lowest BCUT2D eigenvalue weighted by atomic mass is 9.93. The third-order valence-corrected chi connectivity index (χ3v) is 2.41. The van der Waals surface area contributed by atoms with Crippen molar-refractivity contribution in [3.05, 3.63) is 0 Å². The molecule has 0 radical (unpaired) electrons. The van der Waals surface area contributed by atoms with Gasteiger partial charge in [0.2, 0.25) is 0 Å². The molecule has 5 nitrogen and oxygen atoms in total. The molecule has 0 aliphatic heterocycles. The van der Waals surface area contributed by atoms with Crippen LogP contribution in [0.15, 0.2) is 0 Å². The van der Waals surface area contributed by atoms with Crippen LogP contribution in [0.4, 0.5) is 4.79 Å². The van der Waals surface area contributed by atoms with Gasteiger partial charge in [-0.25, -0.2) is 4.79 Å². The number of amides is 2. The van der Waals surface area contributed by atoms with E-state index in [0.29, 0.717) is 0 Å². The van der Waals surface area contributed by atoms with Crippen molar-refractivity contribution in [3.63, 3.8) is 0 Å². The summed E-state index contributed by atoms with van der Waals surface area (Å²) in [5, 5.41) is 23.4. The summed E-state index contributed by atoms with van der Waals surface area (Å²) in [7, 11) is 0. The fourth-order valence-electron chi connectivity index (χ4n) is 1.12. The van der Waals surface area contributed by atoms with Crippen molar-refractivity contribution >= 4 is 6.03 Å². The van der Waals surface area contributed by atoms with Crippen molar-refractivity contribution < 1.29 is 15.0 Å². The molecule has 0 aromatic rings. The Kier molecular flexibility index (Phi) is 3.71. The minimum Gasteiger partial charge on any atom is -0.393 e. The number of nitrogens with one attached hydrogen (secondary N) is 2. The highest BCUT2D eigenvalue weighted by atomic mass is 16.3. The zero-order chi connectivity index (χ0) is 10.6. The van der Waals surface area contributed by atoms with Gasteiger partial charge in [0, 0.05) is 6.04 Å². The number of hydrogen-bond acceptors (Lipinski definition) is 3. The topological polar surface area (TPSA) is 81.6 Å². The van der Waals surface area contributed by atoms with Crippen molar-refractivity contribution in [2.75, 3.05) is 13.2 Å². The van der Waals surface area contributed by atoms with Crippen molar-refractivity contribution in [2.24, 2.45) is 0 Å². The Morgan fingerprint density at radius 1 is 1.57 bits per heavy atom. The Balaban J connectivity index is 2.13.